The molecular weight excluding hydrogens is 326 g/mol. The Morgan fingerprint density at radius 1 is 1.19 bits per heavy atom. The van der Waals surface area contributed by atoms with Crippen molar-refractivity contribution < 1.29 is 4.79 Å². The molecule has 0 atom stereocenters. The van der Waals surface area contributed by atoms with Gasteiger partial charge in [0.15, 0.2) is 5.82 Å². The summed E-state index contributed by atoms with van der Waals surface area (Å²) in [7, 11) is 0. The van der Waals surface area contributed by atoms with Crippen LogP contribution in [0.5, 0.6) is 0 Å². The number of carbonyl (C=O) groups is 1. The van der Waals surface area contributed by atoms with Gasteiger partial charge in [-0.1, -0.05) is 29.8 Å². The van der Waals surface area contributed by atoms with Crippen LogP contribution in [0.2, 0.25) is 0 Å². The molecule has 1 fully saturated rings. The summed E-state index contributed by atoms with van der Waals surface area (Å²) >= 11 is 0. The topological polar surface area (TPSA) is 63.4 Å². The molecule has 1 aliphatic carbocycles. The van der Waals surface area contributed by atoms with Crippen LogP contribution in [0.1, 0.15) is 41.2 Å². The highest BCUT2D eigenvalue weighted by molar-refractivity contribution is 5.78. The van der Waals surface area contributed by atoms with Crippen LogP contribution in [0.3, 0.4) is 0 Å². The predicted octanol–water partition coefficient (Wildman–Crippen LogP) is 2.78. The van der Waals surface area contributed by atoms with Crippen LogP contribution in [0.4, 0.5) is 0 Å². The standard InChI is InChI=1S/C20H23N5O/c1-13-5-4-6-16(9-13)12-24(17-7-8-17)19(26)11-18-22-20-21-14(2)10-15(3)25(20)23-18/h4-6,9-10,17H,7-8,11-12H2,1-3H3. The summed E-state index contributed by atoms with van der Waals surface area (Å²) in [4.78, 5) is 23.8. The van der Waals surface area contributed by atoms with E-state index in [0.29, 0.717) is 24.2 Å². The normalized spacial score (nSPS) is 14.0. The SMILES string of the molecule is Cc1cccc(CN(C(=O)Cc2nc3nc(C)cc(C)n3n2)C2CC2)c1. The molecule has 3 aromatic rings. The first-order valence-corrected chi connectivity index (χ1v) is 9.04. The second-order valence-corrected chi connectivity index (χ2v) is 7.20. The number of nitrogens with zero attached hydrogens (tertiary/aromatic N) is 5. The van der Waals surface area contributed by atoms with Crippen molar-refractivity contribution in [2.24, 2.45) is 0 Å². The summed E-state index contributed by atoms with van der Waals surface area (Å²) in [5.74, 6) is 1.17. The lowest BCUT2D eigenvalue weighted by atomic mass is 10.1. The minimum absolute atomic E-state index is 0.0827. The van der Waals surface area contributed by atoms with Gasteiger partial charge in [0.05, 0.1) is 6.42 Å². The molecule has 1 amide bonds. The fraction of sp³-hybridized carbons (Fsp3) is 0.400. The van der Waals surface area contributed by atoms with E-state index in [4.69, 9.17) is 0 Å². The highest BCUT2D eigenvalue weighted by Gasteiger charge is 2.33. The molecule has 0 saturated heterocycles. The van der Waals surface area contributed by atoms with E-state index in [9.17, 15) is 4.79 Å². The molecule has 1 saturated carbocycles. The number of carbonyl (C=O) groups excluding carboxylic acids is 1. The molecule has 4 rings (SSSR count). The zero-order valence-electron chi connectivity index (χ0n) is 15.4. The smallest absolute Gasteiger partial charge is 0.252 e. The quantitative estimate of drug-likeness (QED) is 0.710. The number of hydrogen-bond acceptors (Lipinski definition) is 4. The van der Waals surface area contributed by atoms with Crippen LogP contribution >= 0.6 is 0 Å². The van der Waals surface area contributed by atoms with Crippen molar-refractivity contribution in [3.63, 3.8) is 0 Å². The molecular formula is C20H23N5O. The minimum atomic E-state index is 0.0827. The van der Waals surface area contributed by atoms with Gasteiger partial charge in [0, 0.05) is 24.0 Å². The predicted molar refractivity (Wildman–Crippen MR) is 98.7 cm³/mol. The molecule has 1 aliphatic rings. The molecule has 26 heavy (non-hydrogen) atoms. The maximum absolute atomic E-state index is 12.9. The Balaban J connectivity index is 1.54. The van der Waals surface area contributed by atoms with E-state index in [1.807, 2.05) is 30.9 Å². The summed E-state index contributed by atoms with van der Waals surface area (Å²) in [5, 5.41) is 4.47. The number of fused-ring (bicyclic) bond motifs is 1. The molecule has 2 heterocycles. The fourth-order valence-electron chi connectivity index (χ4n) is 3.33. The van der Waals surface area contributed by atoms with Gasteiger partial charge in [-0.05, 0) is 45.2 Å². The first-order chi connectivity index (χ1) is 12.5. The van der Waals surface area contributed by atoms with Gasteiger partial charge in [-0.3, -0.25) is 4.79 Å². The van der Waals surface area contributed by atoms with Crippen molar-refractivity contribution in [1.29, 1.82) is 0 Å². The van der Waals surface area contributed by atoms with E-state index in [1.54, 1.807) is 4.52 Å². The van der Waals surface area contributed by atoms with Crippen molar-refractivity contribution in [2.45, 2.75) is 52.6 Å². The van der Waals surface area contributed by atoms with Gasteiger partial charge in [0.25, 0.3) is 5.78 Å². The Labute approximate surface area is 152 Å². The van der Waals surface area contributed by atoms with Gasteiger partial charge in [0.1, 0.15) is 0 Å². The van der Waals surface area contributed by atoms with E-state index in [2.05, 4.69) is 40.2 Å². The largest absolute Gasteiger partial charge is 0.335 e. The van der Waals surface area contributed by atoms with E-state index < -0.39 is 0 Å². The highest BCUT2D eigenvalue weighted by Crippen LogP contribution is 2.29. The lowest BCUT2D eigenvalue weighted by Gasteiger charge is -2.22. The number of aromatic nitrogens is 4. The zero-order valence-corrected chi connectivity index (χ0v) is 15.4. The first kappa shape index (κ1) is 16.7. The molecule has 0 bridgehead atoms. The summed E-state index contributed by atoms with van der Waals surface area (Å²) in [6.07, 6.45) is 2.37. The molecule has 0 radical (unpaired) electrons. The zero-order chi connectivity index (χ0) is 18.3. The third-order valence-corrected chi connectivity index (χ3v) is 4.71. The van der Waals surface area contributed by atoms with Crippen molar-refractivity contribution in [3.05, 3.63) is 58.7 Å². The summed E-state index contributed by atoms with van der Waals surface area (Å²) < 4.78 is 1.71. The van der Waals surface area contributed by atoms with Gasteiger partial charge < -0.3 is 4.90 Å². The van der Waals surface area contributed by atoms with Gasteiger partial charge in [-0.25, -0.2) is 9.50 Å². The second kappa shape index (κ2) is 6.52. The van der Waals surface area contributed by atoms with Gasteiger partial charge in [-0.2, -0.15) is 4.98 Å². The van der Waals surface area contributed by atoms with E-state index >= 15 is 0 Å². The number of rotatable bonds is 5. The maximum Gasteiger partial charge on any atom is 0.252 e. The third kappa shape index (κ3) is 3.45. The van der Waals surface area contributed by atoms with Crippen LogP contribution < -0.4 is 0 Å². The Morgan fingerprint density at radius 2 is 2.00 bits per heavy atom. The molecule has 0 unspecified atom stereocenters. The summed E-state index contributed by atoms with van der Waals surface area (Å²) in [6, 6.07) is 10.6. The molecule has 0 N–H and O–H groups in total. The van der Waals surface area contributed by atoms with Crippen molar-refractivity contribution in [3.8, 4) is 0 Å². The molecule has 6 heteroatoms. The van der Waals surface area contributed by atoms with Gasteiger partial charge >= 0.3 is 0 Å². The Bertz CT molecular complexity index is 973. The second-order valence-electron chi connectivity index (χ2n) is 7.20. The summed E-state index contributed by atoms with van der Waals surface area (Å²) in [6.45, 7) is 6.62. The van der Waals surface area contributed by atoms with Crippen LogP contribution in [-0.4, -0.2) is 36.4 Å². The molecule has 2 aromatic heterocycles. The maximum atomic E-state index is 12.9. The average molecular weight is 349 g/mol. The minimum Gasteiger partial charge on any atom is -0.335 e. The lowest BCUT2D eigenvalue weighted by Crippen LogP contribution is -2.34. The first-order valence-electron chi connectivity index (χ1n) is 9.04. The van der Waals surface area contributed by atoms with Crippen molar-refractivity contribution in [1.82, 2.24) is 24.5 Å². The highest BCUT2D eigenvalue weighted by atomic mass is 16.2. The molecule has 1 aromatic carbocycles. The van der Waals surface area contributed by atoms with Crippen LogP contribution in [0.15, 0.2) is 30.3 Å². The Morgan fingerprint density at radius 3 is 2.73 bits per heavy atom. The molecule has 0 spiro atoms. The monoisotopic (exact) mass is 349 g/mol. The fourth-order valence-corrected chi connectivity index (χ4v) is 3.33. The van der Waals surface area contributed by atoms with Gasteiger partial charge in [0.2, 0.25) is 5.91 Å². The van der Waals surface area contributed by atoms with E-state index in [-0.39, 0.29) is 12.3 Å². The molecule has 6 nitrogen and oxygen atoms in total. The number of aryl methyl sites for hydroxylation is 3. The Kier molecular flexibility index (Phi) is 4.18. The molecule has 134 valence electrons. The lowest BCUT2D eigenvalue weighted by molar-refractivity contribution is -0.131. The summed E-state index contributed by atoms with van der Waals surface area (Å²) in [5.41, 5.74) is 4.25. The van der Waals surface area contributed by atoms with Crippen LogP contribution in [0, 0.1) is 20.8 Å². The van der Waals surface area contributed by atoms with Crippen LogP contribution in [0.25, 0.3) is 5.78 Å². The average Bonchev–Trinajstić information content (AvgIpc) is 3.33. The van der Waals surface area contributed by atoms with E-state index in [1.165, 1.54) is 11.1 Å². The van der Waals surface area contributed by atoms with Crippen molar-refractivity contribution >= 4 is 11.7 Å². The number of hydrogen-bond donors (Lipinski definition) is 0. The van der Waals surface area contributed by atoms with Crippen molar-refractivity contribution in [2.75, 3.05) is 0 Å². The van der Waals surface area contributed by atoms with Crippen LogP contribution in [-0.2, 0) is 17.8 Å². The molecule has 0 aliphatic heterocycles. The number of benzene rings is 1. The van der Waals surface area contributed by atoms with E-state index in [0.717, 1.165) is 24.2 Å². The Hall–Kier alpha value is -2.76. The number of amides is 1. The third-order valence-electron chi connectivity index (χ3n) is 4.71. The van der Waals surface area contributed by atoms with Gasteiger partial charge in [-0.15, -0.1) is 5.10 Å².